The van der Waals surface area contributed by atoms with E-state index in [4.69, 9.17) is 4.74 Å². The standard InChI is InChI=1S/C13H17NO4/c1-6(2)7(3)9-10(12(16)11(9)15)14-8-4-5-18-13(8)17/h6-8,14H,4-5H2,1-3H3. The van der Waals surface area contributed by atoms with Gasteiger partial charge in [-0.15, -0.1) is 0 Å². The average molecular weight is 251 g/mol. The fourth-order valence-electron chi connectivity index (χ4n) is 2.12. The van der Waals surface area contributed by atoms with Crippen LogP contribution >= 0.6 is 0 Å². The number of esters is 1. The quantitative estimate of drug-likeness (QED) is 0.632. The Labute approximate surface area is 105 Å². The first-order chi connectivity index (χ1) is 8.43. The predicted octanol–water partition coefficient (Wildman–Crippen LogP) is 0.770. The molecule has 2 atom stereocenters. The van der Waals surface area contributed by atoms with E-state index >= 15 is 0 Å². The highest BCUT2D eigenvalue weighted by atomic mass is 16.5. The molecule has 0 radical (unpaired) electrons. The molecule has 5 heteroatoms. The molecule has 1 saturated heterocycles. The summed E-state index contributed by atoms with van der Waals surface area (Å²) in [6.45, 7) is 6.27. The zero-order chi connectivity index (χ0) is 13.4. The van der Waals surface area contributed by atoms with Gasteiger partial charge in [0.15, 0.2) is 0 Å². The summed E-state index contributed by atoms with van der Waals surface area (Å²) >= 11 is 0. The number of carbonyl (C=O) groups excluding carboxylic acids is 1. The minimum absolute atomic E-state index is 0.00937. The third-order valence-corrected chi connectivity index (χ3v) is 3.66. The summed E-state index contributed by atoms with van der Waals surface area (Å²) in [5, 5.41) is 2.87. The zero-order valence-corrected chi connectivity index (χ0v) is 10.8. The number of nitrogens with one attached hydrogen (secondary N) is 1. The van der Waals surface area contributed by atoms with Crippen LogP contribution in [0.5, 0.6) is 0 Å². The third kappa shape index (κ3) is 1.94. The molecule has 0 spiro atoms. The van der Waals surface area contributed by atoms with Crippen molar-refractivity contribution in [2.45, 2.75) is 39.2 Å². The Kier molecular flexibility index (Phi) is 3.24. The lowest BCUT2D eigenvalue weighted by atomic mass is 9.86. The average Bonchev–Trinajstić information content (AvgIpc) is 2.73. The highest BCUT2D eigenvalue weighted by molar-refractivity contribution is 5.81. The van der Waals surface area contributed by atoms with Crippen molar-refractivity contribution in [2.24, 2.45) is 5.92 Å². The highest BCUT2D eigenvalue weighted by Gasteiger charge is 2.32. The normalized spacial score (nSPS) is 21.3. The van der Waals surface area contributed by atoms with Gasteiger partial charge in [-0.3, -0.25) is 9.59 Å². The van der Waals surface area contributed by atoms with E-state index in [0.29, 0.717) is 24.3 Å². The maximum absolute atomic E-state index is 11.6. The maximum atomic E-state index is 11.6. The largest absolute Gasteiger partial charge is 0.464 e. The number of hydrogen-bond acceptors (Lipinski definition) is 5. The summed E-state index contributed by atoms with van der Waals surface area (Å²) in [4.78, 5) is 34.5. The van der Waals surface area contributed by atoms with Crippen LogP contribution in [-0.2, 0) is 9.53 Å². The smallest absolute Gasteiger partial charge is 0.328 e. The lowest BCUT2D eigenvalue weighted by Crippen LogP contribution is -2.43. The highest BCUT2D eigenvalue weighted by Crippen LogP contribution is 2.27. The molecule has 0 aromatic heterocycles. The minimum atomic E-state index is -0.516. The van der Waals surface area contributed by atoms with E-state index in [9.17, 15) is 14.4 Å². The zero-order valence-electron chi connectivity index (χ0n) is 10.8. The molecule has 1 aromatic rings. The monoisotopic (exact) mass is 251 g/mol. The third-order valence-electron chi connectivity index (χ3n) is 3.66. The van der Waals surface area contributed by atoms with Crippen molar-refractivity contribution in [1.29, 1.82) is 0 Å². The van der Waals surface area contributed by atoms with Crippen LogP contribution < -0.4 is 16.2 Å². The Morgan fingerprint density at radius 2 is 1.83 bits per heavy atom. The molecule has 1 aliphatic heterocycles. The molecular formula is C13H17NO4. The number of ether oxygens (including phenoxy) is 1. The first kappa shape index (κ1) is 12.8. The van der Waals surface area contributed by atoms with E-state index in [2.05, 4.69) is 5.32 Å². The first-order valence-corrected chi connectivity index (χ1v) is 6.19. The second kappa shape index (κ2) is 4.55. The van der Waals surface area contributed by atoms with Crippen molar-refractivity contribution >= 4 is 11.7 Å². The van der Waals surface area contributed by atoms with Crippen molar-refractivity contribution in [2.75, 3.05) is 11.9 Å². The van der Waals surface area contributed by atoms with E-state index in [1.54, 1.807) is 0 Å². The van der Waals surface area contributed by atoms with Crippen molar-refractivity contribution in [1.82, 2.24) is 0 Å². The van der Waals surface area contributed by atoms with Gasteiger partial charge in [0.1, 0.15) is 6.04 Å². The lowest BCUT2D eigenvalue weighted by molar-refractivity contribution is -0.138. The van der Waals surface area contributed by atoms with E-state index < -0.39 is 16.9 Å². The SMILES string of the molecule is CC(C)C(C)c1c(NC2CCOC2=O)c(=O)c1=O. The Balaban J connectivity index is 2.24. The summed E-state index contributed by atoms with van der Waals surface area (Å²) < 4.78 is 4.82. The van der Waals surface area contributed by atoms with Crippen molar-refractivity contribution in [3.63, 3.8) is 0 Å². The number of carbonyl (C=O) groups is 1. The van der Waals surface area contributed by atoms with Gasteiger partial charge in [-0.25, -0.2) is 4.79 Å². The predicted molar refractivity (Wildman–Crippen MR) is 67.6 cm³/mol. The molecule has 1 N–H and O–H groups in total. The number of cyclic esters (lactones) is 1. The topological polar surface area (TPSA) is 72.5 Å². The van der Waals surface area contributed by atoms with E-state index in [1.807, 2.05) is 20.8 Å². The second-order valence-corrected chi connectivity index (χ2v) is 5.13. The van der Waals surface area contributed by atoms with Crippen LogP contribution in [0.4, 0.5) is 5.69 Å². The summed E-state index contributed by atoms with van der Waals surface area (Å²) in [5.41, 5.74) is -0.109. The van der Waals surface area contributed by atoms with E-state index in [0.717, 1.165) is 0 Å². The van der Waals surface area contributed by atoms with Crippen LogP contribution in [0.15, 0.2) is 9.59 Å². The molecule has 0 amide bonds. The Morgan fingerprint density at radius 1 is 1.17 bits per heavy atom. The van der Waals surface area contributed by atoms with Gasteiger partial charge in [-0.2, -0.15) is 0 Å². The Bertz CT molecular complexity index is 539. The molecule has 18 heavy (non-hydrogen) atoms. The minimum Gasteiger partial charge on any atom is -0.464 e. The van der Waals surface area contributed by atoms with Crippen molar-refractivity contribution in [3.8, 4) is 0 Å². The Hall–Kier alpha value is -1.65. The molecule has 1 aromatic carbocycles. The van der Waals surface area contributed by atoms with E-state index in [1.165, 1.54) is 0 Å². The number of hydrogen-bond donors (Lipinski definition) is 1. The van der Waals surface area contributed by atoms with Crippen molar-refractivity contribution < 1.29 is 9.53 Å². The lowest BCUT2D eigenvalue weighted by Gasteiger charge is -2.22. The molecule has 0 saturated carbocycles. The molecule has 1 heterocycles. The number of rotatable bonds is 4. The molecule has 98 valence electrons. The van der Waals surface area contributed by atoms with Gasteiger partial charge in [0, 0.05) is 12.0 Å². The van der Waals surface area contributed by atoms with Gasteiger partial charge < -0.3 is 10.1 Å². The number of anilines is 1. The first-order valence-electron chi connectivity index (χ1n) is 6.19. The maximum Gasteiger partial charge on any atom is 0.328 e. The van der Waals surface area contributed by atoms with Gasteiger partial charge in [0.25, 0.3) is 0 Å². The van der Waals surface area contributed by atoms with Gasteiger partial charge in [0.2, 0.25) is 10.9 Å². The van der Waals surface area contributed by atoms with Crippen LogP contribution in [-0.4, -0.2) is 18.6 Å². The molecular weight excluding hydrogens is 234 g/mol. The molecule has 2 unspecified atom stereocenters. The molecule has 5 nitrogen and oxygen atoms in total. The van der Waals surface area contributed by atoms with Crippen LogP contribution in [0.2, 0.25) is 0 Å². The molecule has 1 fully saturated rings. The summed E-state index contributed by atoms with van der Waals surface area (Å²) in [5.74, 6) is -0.0781. The summed E-state index contributed by atoms with van der Waals surface area (Å²) in [7, 11) is 0. The molecule has 0 bridgehead atoms. The van der Waals surface area contributed by atoms with Gasteiger partial charge in [0.05, 0.1) is 12.3 Å². The van der Waals surface area contributed by atoms with Crippen molar-refractivity contribution in [3.05, 3.63) is 26.0 Å². The van der Waals surface area contributed by atoms with Gasteiger partial charge >= 0.3 is 5.97 Å². The second-order valence-electron chi connectivity index (χ2n) is 5.13. The van der Waals surface area contributed by atoms with Gasteiger partial charge in [-0.1, -0.05) is 20.8 Å². The fraction of sp³-hybridized carbons (Fsp3) is 0.615. The molecule has 1 aliphatic rings. The van der Waals surface area contributed by atoms with Crippen LogP contribution in [0.25, 0.3) is 0 Å². The molecule has 0 aliphatic carbocycles. The summed E-state index contributed by atoms with van der Waals surface area (Å²) in [6.07, 6.45) is 0.535. The van der Waals surface area contributed by atoms with Gasteiger partial charge in [-0.05, 0) is 11.8 Å². The van der Waals surface area contributed by atoms with Crippen LogP contribution in [0, 0.1) is 5.92 Å². The summed E-state index contributed by atoms with van der Waals surface area (Å²) in [6, 6.07) is -0.494. The Morgan fingerprint density at radius 3 is 2.33 bits per heavy atom. The van der Waals surface area contributed by atoms with E-state index in [-0.39, 0.29) is 17.8 Å². The molecule has 2 rings (SSSR count). The fourth-order valence-corrected chi connectivity index (χ4v) is 2.12. The van der Waals surface area contributed by atoms with Crippen LogP contribution in [0.3, 0.4) is 0 Å². The van der Waals surface area contributed by atoms with Crippen LogP contribution in [0.1, 0.15) is 38.7 Å².